The number of hydrogen-bond acceptors (Lipinski definition) is 4. The van der Waals surface area contributed by atoms with Crippen molar-refractivity contribution in [3.63, 3.8) is 0 Å². The van der Waals surface area contributed by atoms with Crippen LogP contribution in [0.2, 0.25) is 0 Å². The molecule has 0 spiro atoms. The van der Waals surface area contributed by atoms with Gasteiger partial charge in [-0.3, -0.25) is 23.7 Å². The number of aromatic nitrogens is 2. The summed E-state index contributed by atoms with van der Waals surface area (Å²) in [6.45, 7) is 1.59. The monoisotopic (exact) mass is 410 g/mol. The van der Waals surface area contributed by atoms with Gasteiger partial charge in [-0.15, -0.1) is 0 Å². The summed E-state index contributed by atoms with van der Waals surface area (Å²) in [7, 11) is 0. The number of anilines is 1. The number of hydrogen-bond donors (Lipinski definition) is 1. The molecule has 3 heterocycles. The van der Waals surface area contributed by atoms with Gasteiger partial charge in [0.2, 0.25) is 5.91 Å². The topological polar surface area (TPSA) is 83.8 Å². The van der Waals surface area contributed by atoms with E-state index in [0.717, 1.165) is 16.0 Å². The summed E-state index contributed by atoms with van der Waals surface area (Å²) in [5.74, 6) is -0.919. The van der Waals surface area contributed by atoms with E-state index in [0.29, 0.717) is 28.3 Å². The second-order valence-electron chi connectivity index (χ2n) is 7.40. The van der Waals surface area contributed by atoms with Gasteiger partial charge >= 0.3 is 0 Å². The largest absolute Gasteiger partial charge is 0.308 e. The van der Waals surface area contributed by atoms with Crippen molar-refractivity contribution in [2.24, 2.45) is 0 Å². The predicted molar refractivity (Wildman–Crippen MR) is 116 cm³/mol. The van der Waals surface area contributed by atoms with Crippen LogP contribution in [0.3, 0.4) is 0 Å². The van der Waals surface area contributed by atoms with Gasteiger partial charge in [-0.25, -0.2) is 4.98 Å². The van der Waals surface area contributed by atoms with E-state index in [4.69, 9.17) is 4.98 Å². The number of rotatable bonds is 4. The van der Waals surface area contributed by atoms with E-state index >= 15 is 0 Å². The number of nitrogens with one attached hydrogen (secondary N) is 1. The zero-order valence-corrected chi connectivity index (χ0v) is 16.7. The maximum absolute atomic E-state index is 12.9. The number of imide groups is 1. The Bertz CT molecular complexity index is 1320. The Hall–Kier alpha value is -4.26. The number of carbonyl (C=O) groups excluding carboxylic acids is 3. The van der Waals surface area contributed by atoms with Gasteiger partial charge in [-0.2, -0.15) is 0 Å². The fraction of sp³-hybridized carbons (Fsp3) is 0.0833. The third kappa shape index (κ3) is 3.16. The number of fused-ring (bicyclic) bond motifs is 2. The van der Waals surface area contributed by atoms with Gasteiger partial charge in [-0.1, -0.05) is 42.5 Å². The summed E-state index contributed by atoms with van der Waals surface area (Å²) in [5.41, 5.74) is 3.82. The zero-order chi connectivity index (χ0) is 21.5. The van der Waals surface area contributed by atoms with Gasteiger partial charge in [0.15, 0.2) is 0 Å². The molecule has 1 aliphatic rings. The van der Waals surface area contributed by atoms with Gasteiger partial charge < -0.3 is 5.32 Å². The summed E-state index contributed by atoms with van der Waals surface area (Å²) in [4.78, 5) is 43.7. The lowest BCUT2D eigenvalue weighted by Crippen LogP contribution is -2.37. The minimum Gasteiger partial charge on any atom is -0.308 e. The van der Waals surface area contributed by atoms with E-state index in [9.17, 15) is 14.4 Å². The first kappa shape index (κ1) is 18.7. The Balaban J connectivity index is 1.47. The molecule has 2 aromatic heterocycles. The molecule has 0 atom stereocenters. The number of carbonyl (C=O) groups is 3. The van der Waals surface area contributed by atoms with E-state index in [1.54, 1.807) is 28.7 Å². The Kier molecular flexibility index (Phi) is 4.36. The molecule has 7 heteroatoms. The fourth-order valence-corrected chi connectivity index (χ4v) is 3.76. The molecule has 5 rings (SSSR count). The summed E-state index contributed by atoms with van der Waals surface area (Å²) in [6, 6.07) is 19.9. The predicted octanol–water partition coefficient (Wildman–Crippen LogP) is 3.54. The minimum absolute atomic E-state index is 0.315. The summed E-state index contributed by atoms with van der Waals surface area (Å²) >= 11 is 0. The average molecular weight is 410 g/mol. The molecule has 0 saturated heterocycles. The van der Waals surface area contributed by atoms with E-state index in [1.807, 2.05) is 55.6 Å². The lowest BCUT2D eigenvalue weighted by molar-refractivity contribution is -0.116. The SMILES string of the molecule is Cc1ccn2c(NC(=O)CN3C(=O)c4ccccc4C3=O)c(-c3ccccc3)nc2c1. The molecule has 31 heavy (non-hydrogen) atoms. The highest BCUT2D eigenvalue weighted by molar-refractivity contribution is 6.22. The van der Waals surface area contributed by atoms with Gasteiger partial charge in [0.25, 0.3) is 11.8 Å². The van der Waals surface area contributed by atoms with Gasteiger partial charge in [0.1, 0.15) is 23.7 Å². The highest BCUT2D eigenvalue weighted by atomic mass is 16.2. The molecule has 0 aliphatic carbocycles. The molecule has 1 aliphatic heterocycles. The summed E-state index contributed by atoms with van der Waals surface area (Å²) < 4.78 is 1.79. The summed E-state index contributed by atoms with van der Waals surface area (Å²) in [6.07, 6.45) is 1.84. The molecule has 0 fully saturated rings. The van der Waals surface area contributed by atoms with E-state index < -0.39 is 17.7 Å². The van der Waals surface area contributed by atoms with E-state index in [-0.39, 0.29) is 6.54 Å². The quantitative estimate of drug-likeness (QED) is 0.522. The van der Waals surface area contributed by atoms with Crippen molar-refractivity contribution < 1.29 is 14.4 Å². The highest BCUT2D eigenvalue weighted by Gasteiger charge is 2.36. The third-order valence-electron chi connectivity index (χ3n) is 5.27. The van der Waals surface area contributed by atoms with Crippen molar-refractivity contribution in [3.8, 4) is 11.3 Å². The van der Waals surface area contributed by atoms with Crippen molar-refractivity contribution in [2.45, 2.75) is 6.92 Å². The molecule has 152 valence electrons. The Morgan fingerprint density at radius 1 is 0.935 bits per heavy atom. The van der Waals surface area contributed by atoms with E-state index in [1.165, 1.54) is 0 Å². The Morgan fingerprint density at radius 2 is 1.58 bits per heavy atom. The number of amides is 3. The number of imidazole rings is 1. The van der Waals surface area contributed by atoms with Crippen molar-refractivity contribution >= 4 is 29.2 Å². The van der Waals surface area contributed by atoms with Gasteiger partial charge in [-0.05, 0) is 36.8 Å². The lowest BCUT2D eigenvalue weighted by atomic mass is 10.1. The maximum Gasteiger partial charge on any atom is 0.262 e. The smallest absolute Gasteiger partial charge is 0.262 e. The molecule has 2 aromatic carbocycles. The van der Waals surface area contributed by atoms with Crippen LogP contribution in [0.15, 0.2) is 72.9 Å². The number of aryl methyl sites for hydroxylation is 1. The second kappa shape index (κ2) is 7.21. The molecule has 0 unspecified atom stereocenters. The summed E-state index contributed by atoms with van der Waals surface area (Å²) in [5, 5.41) is 2.86. The first-order valence-electron chi connectivity index (χ1n) is 9.82. The van der Waals surface area contributed by atoms with Crippen molar-refractivity contribution in [1.29, 1.82) is 0 Å². The number of pyridine rings is 1. The number of benzene rings is 2. The van der Waals surface area contributed by atoms with Crippen LogP contribution >= 0.6 is 0 Å². The third-order valence-corrected chi connectivity index (χ3v) is 5.27. The van der Waals surface area contributed by atoms with Crippen LogP contribution in [0.25, 0.3) is 16.9 Å². The van der Waals surface area contributed by atoms with Gasteiger partial charge in [0, 0.05) is 11.8 Å². The molecule has 0 bridgehead atoms. The first-order valence-corrected chi connectivity index (χ1v) is 9.82. The molecule has 0 radical (unpaired) electrons. The van der Waals surface area contributed by atoms with Crippen LogP contribution in [0.4, 0.5) is 5.82 Å². The fourth-order valence-electron chi connectivity index (χ4n) is 3.76. The van der Waals surface area contributed by atoms with Crippen LogP contribution in [-0.4, -0.2) is 38.6 Å². The van der Waals surface area contributed by atoms with Crippen LogP contribution in [-0.2, 0) is 4.79 Å². The normalized spacial score (nSPS) is 13.0. The van der Waals surface area contributed by atoms with Gasteiger partial charge in [0.05, 0.1) is 11.1 Å². The molecule has 0 saturated carbocycles. The highest BCUT2D eigenvalue weighted by Crippen LogP contribution is 2.29. The average Bonchev–Trinajstić information content (AvgIpc) is 3.25. The zero-order valence-electron chi connectivity index (χ0n) is 16.7. The van der Waals surface area contributed by atoms with Crippen LogP contribution in [0.1, 0.15) is 26.3 Å². The molecule has 1 N–H and O–H groups in total. The first-order chi connectivity index (χ1) is 15.0. The van der Waals surface area contributed by atoms with Crippen LogP contribution in [0.5, 0.6) is 0 Å². The number of nitrogens with zero attached hydrogens (tertiary/aromatic N) is 3. The minimum atomic E-state index is -0.478. The Morgan fingerprint density at radius 3 is 2.26 bits per heavy atom. The standard InChI is InChI=1S/C24H18N4O3/c1-15-11-12-27-19(13-15)25-21(16-7-3-2-4-8-16)22(27)26-20(29)14-28-23(30)17-9-5-6-10-18(17)24(28)31/h2-13H,14H2,1H3,(H,26,29). The molecule has 7 nitrogen and oxygen atoms in total. The molecular formula is C24H18N4O3. The van der Waals surface area contributed by atoms with Crippen molar-refractivity contribution in [1.82, 2.24) is 14.3 Å². The lowest BCUT2D eigenvalue weighted by Gasteiger charge is -2.14. The van der Waals surface area contributed by atoms with Crippen molar-refractivity contribution in [2.75, 3.05) is 11.9 Å². The van der Waals surface area contributed by atoms with Crippen LogP contribution < -0.4 is 5.32 Å². The molecule has 4 aromatic rings. The molecular weight excluding hydrogens is 392 g/mol. The molecule has 3 amide bonds. The Labute approximate surface area is 177 Å². The van der Waals surface area contributed by atoms with Crippen molar-refractivity contribution in [3.05, 3.63) is 89.6 Å². The maximum atomic E-state index is 12.9. The van der Waals surface area contributed by atoms with Crippen LogP contribution in [0, 0.1) is 6.92 Å². The van der Waals surface area contributed by atoms with E-state index in [2.05, 4.69) is 5.32 Å². The second-order valence-corrected chi connectivity index (χ2v) is 7.40.